The van der Waals surface area contributed by atoms with E-state index in [1.165, 1.54) is 25.8 Å². The van der Waals surface area contributed by atoms with Crippen molar-refractivity contribution in [3.05, 3.63) is 23.0 Å². The third-order valence-corrected chi connectivity index (χ3v) is 4.08. The minimum atomic E-state index is 0.672. The van der Waals surface area contributed by atoms with E-state index in [0.29, 0.717) is 6.04 Å². The van der Waals surface area contributed by atoms with Gasteiger partial charge in [-0.1, -0.05) is 6.42 Å². The van der Waals surface area contributed by atoms with Crippen molar-refractivity contribution in [1.29, 1.82) is 5.26 Å². The first-order valence-electron chi connectivity index (χ1n) is 7.07. The van der Waals surface area contributed by atoms with Crippen LogP contribution in [0.15, 0.2) is 6.07 Å². The molecule has 1 atom stereocenters. The second kappa shape index (κ2) is 6.23. The van der Waals surface area contributed by atoms with E-state index in [4.69, 9.17) is 5.26 Å². The van der Waals surface area contributed by atoms with Crippen LogP contribution in [0.4, 0.5) is 0 Å². The minimum Gasteiger partial charge on any atom is -0.360 e. The summed E-state index contributed by atoms with van der Waals surface area (Å²) in [5.41, 5.74) is 2.87. The number of nitriles is 1. The molecule has 0 aromatic carbocycles. The Labute approximate surface area is 116 Å². The molecule has 1 aromatic rings. The molecule has 1 aliphatic heterocycles. The van der Waals surface area contributed by atoms with Gasteiger partial charge in [0.05, 0.1) is 5.56 Å². The second-order valence-corrected chi connectivity index (χ2v) is 5.77. The van der Waals surface area contributed by atoms with Gasteiger partial charge in [0.1, 0.15) is 6.07 Å². The van der Waals surface area contributed by atoms with Crippen molar-refractivity contribution in [3.63, 3.8) is 0 Å². The maximum atomic E-state index is 8.97. The third-order valence-electron chi connectivity index (χ3n) is 4.08. The number of aromatic amines is 1. The molecule has 19 heavy (non-hydrogen) atoms. The number of H-pyrrole nitrogens is 1. The summed E-state index contributed by atoms with van der Waals surface area (Å²) in [5.74, 6) is 0. The largest absolute Gasteiger partial charge is 0.360 e. The average Bonchev–Trinajstić information content (AvgIpc) is 2.72. The second-order valence-electron chi connectivity index (χ2n) is 5.77. The van der Waals surface area contributed by atoms with Gasteiger partial charge >= 0.3 is 0 Å². The maximum Gasteiger partial charge on any atom is 0.101 e. The van der Waals surface area contributed by atoms with Crippen molar-refractivity contribution in [2.24, 2.45) is 0 Å². The first-order chi connectivity index (χ1) is 9.10. The molecule has 0 aliphatic carbocycles. The first-order valence-corrected chi connectivity index (χ1v) is 7.07. The van der Waals surface area contributed by atoms with Gasteiger partial charge in [0.15, 0.2) is 0 Å². The number of aryl methyl sites for hydroxylation is 1. The molecule has 1 N–H and O–H groups in total. The zero-order chi connectivity index (χ0) is 13.8. The molecule has 1 fully saturated rings. The van der Waals surface area contributed by atoms with E-state index in [1.54, 1.807) is 0 Å². The van der Waals surface area contributed by atoms with E-state index in [-0.39, 0.29) is 0 Å². The average molecular weight is 260 g/mol. The molecule has 0 unspecified atom stereocenters. The highest BCUT2D eigenvalue weighted by atomic mass is 15.2. The fourth-order valence-electron chi connectivity index (χ4n) is 2.92. The summed E-state index contributed by atoms with van der Waals surface area (Å²) in [4.78, 5) is 8.12. The molecule has 2 heterocycles. The molecule has 4 nitrogen and oxygen atoms in total. The van der Waals surface area contributed by atoms with Crippen molar-refractivity contribution >= 4 is 0 Å². The van der Waals surface area contributed by atoms with Gasteiger partial charge in [0.25, 0.3) is 0 Å². The SMILES string of the molecule is Cc1[nH]c(CN(C)C[C@@H]2CCCCN2C)cc1C#N. The fraction of sp³-hybridized carbons (Fsp3) is 0.667. The lowest BCUT2D eigenvalue weighted by atomic mass is 10.0. The Hall–Kier alpha value is -1.31. The standard InChI is InChI=1S/C15H24N4/c1-12-13(9-16)8-14(17-12)10-18(2)11-15-6-4-5-7-19(15)3/h8,15,17H,4-7,10-11H2,1-3H3/t15-/m0/s1. The van der Waals surface area contributed by atoms with Crippen LogP contribution in [0.5, 0.6) is 0 Å². The summed E-state index contributed by atoms with van der Waals surface area (Å²) in [7, 11) is 4.38. The van der Waals surface area contributed by atoms with Crippen LogP contribution in [0.1, 0.15) is 36.2 Å². The van der Waals surface area contributed by atoms with Crippen LogP contribution in [-0.4, -0.2) is 48.0 Å². The van der Waals surface area contributed by atoms with Crippen LogP contribution in [0.25, 0.3) is 0 Å². The maximum absolute atomic E-state index is 8.97. The molecular weight excluding hydrogens is 236 g/mol. The Morgan fingerprint density at radius 1 is 1.53 bits per heavy atom. The van der Waals surface area contributed by atoms with Crippen molar-refractivity contribution in [2.75, 3.05) is 27.2 Å². The lowest BCUT2D eigenvalue weighted by molar-refractivity contribution is 0.138. The molecular formula is C15H24N4. The van der Waals surface area contributed by atoms with E-state index in [0.717, 1.165) is 30.0 Å². The zero-order valence-corrected chi connectivity index (χ0v) is 12.2. The van der Waals surface area contributed by atoms with Crippen LogP contribution >= 0.6 is 0 Å². The number of rotatable bonds is 4. The van der Waals surface area contributed by atoms with Gasteiger partial charge < -0.3 is 9.88 Å². The molecule has 104 valence electrons. The third kappa shape index (κ3) is 3.59. The predicted molar refractivity (Wildman–Crippen MR) is 76.8 cm³/mol. The molecule has 1 aromatic heterocycles. The minimum absolute atomic E-state index is 0.672. The highest BCUT2D eigenvalue weighted by Gasteiger charge is 2.20. The molecule has 0 saturated carbocycles. The predicted octanol–water partition coefficient (Wildman–Crippen LogP) is 2.11. The smallest absolute Gasteiger partial charge is 0.101 e. The van der Waals surface area contributed by atoms with Crippen LogP contribution < -0.4 is 0 Å². The summed E-state index contributed by atoms with van der Waals surface area (Å²) in [6.07, 6.45) is 3.98. The van der Waals surface area contributed by atoms with Crippen LogP contribution in [-0.2, 0) is 6.54 Å². The van der Waals surface area contributed by atoms with E-state index in [2.05, 4.69) is 34.9 Å². The Bertz CT molecular complexity index is 457. The van der Waals surface area contributed by atoms with Crippen molar-refractivity contribution < 1.29 is 0 Å². The summed E-state index contributed by atoms with van der Waals surface area (Å²) >= 11 is 0. The number of aromatic nitrogens is 1. The summed E-state index contributed by atoms with van der Waals surface area (Å²) in [6, 6.07) is 4.86. The molecule has 0 radical (unpaired) electrons. The van der Waals surface area contributed by atoms with Gasteiger partial charge in [0, 0.05) is 30.5 Å². The zero-order valence-electron chi connectivity index (χ0n) is 12.2. The number of piperidine rings is 1. The van der Waals surface area contributed by atoms with Gasteiger partial charge in [-0.15, -0.1) is 0 Å². The quantitative estimate of drug-likeness (QED) is 0.902. The monoisotopic (exact) mass is 260 g/mol. The summed E-state index contributed by atoms with van der Waals surface area (Å²) in [5, 5.41) is 8.97. The summed E-state index contributed by atoms with van der Waals surface area (Å²) < 4.78 is 0. The van der Waals surface area contributed by atoms with E-state index in [9.17, 15) is 0 Å². The molecule has 4 heteroatoms. The Kier molecular flexibility index (Phi) is 4.62. The van der Waals surface area contributed by atoms with Crippen molar-refractivity contribution in [1.82, 2.24) is 14.8 Å². The molecule has 2 rings (SSSR count). The molecule has 0 spiro atoms. The van der Waals surface area contributed by atoms with Gasteiger partial charge in [-0.2, -0.15) is 5.26 Å². The van der Waals surface area contributed by atoms with Crippen LogP contribution in [0.2, 0.25) is 0 Å². The number of nitrogens with one attached hydrogen (secondary N) is 1. The lowest BCUT2D eigenvalue weighted by Gasteiger charge is -2.35. The topological polar surface area (TPSA) is 46.1 Å². The van der Waals surface area contributed by atoms with E-state index < -0.39 is 0 Å². The van der Waals surface area contributed by atoms with Gasteiger partial charge in [-0.3, -0.25) is 4.90 Å². The molecule has 0 amide bonds. The number of nitrogens with zero attached hydrogens (tertiary/aromatic N) is 3. The van der Waals surface area contributed by atoms with Gasteiger partial charge in [-0.05, 0) is 46.5 Å². The summed E-state index contributed by atoms with van der Waals surface area (Å²) in [6.45, 7) is 5.15. The lowest BCUT2D eigenvalue weighted by Crippen LogP contribution is -2.43. The van der Waals surface area contributed by atoms with E-state index in [1.807, 2.05) is 13.0 Å². The first kappa shape index (κ1) is 14.1. The van der Waals surface area contributed by atoms with Crippen LogP contribution in [0, 0.1) is 18.3 Å². The number of likely N-dealkylation sites (N-methyl/N-ethyl adjacent to an activating group) is 2. The van der Waals surface area contributed by atoms with Crippen molar-refractivity contribution in [3.8, 4) is 6.07 Å². The Balaban J connectivity index is 1.89. The van der Waals surface area contributed by atoms with Crippen molar-refractivity contribution in [2.45, 2.75) is 38.8 Å². The normalized spacial score (nSPS) is 20.7. The highest BCUT2D eigenvalue weighted by Crippen LogP contribution is 2.17. The fourth-order valence-corrected chi connectivity index (χ4v) is 2.92. The number of hydrogen-bond acceptors (Lipinski definition) is 3. The van der Waals surface area contributed by atoms with Crippen LogP contribution in [0.3, 0.4) is 0 Å². The number of hydrogen-bond donors (Lipinski definition) is 1. The molecule has 1 saturated heterocycles. The Morgan fingerprint density at radius 2 is 2.32 bits per heavy atom. The van der Waals surface area contributed by atoms with Gasteiger partial charge in [0.2, 0.25) is 0 Å². The highest BCUT2D eigenvalue weighted by molar-refractivity contribution is 5.35. The van der Waals surface area contributed by atoms with E-state index >= 15 is 0 Å². The molecule has 0 bridgehead atoms. The number of likely N-dealkylation sites (tertiary alicyclic amines) is 1. The molecule has 1 aliphatic rings. The Morgan fingerprint density at radius 3 is 2.95 bits per heavy atom. The van der Waals surface area contributed by atoms with Gasteiger partial charge in [-0.25, -0.2) is 0 Å².